The van der Waals surface area contributed by atoms with Gasteiger partial charge in [-0.15, -0.1) is 11.3 Å². The van der Waals surface area contributed by atoms with E-state index in [9.17, 15) is 9.59 Å². The van der Waals surface area contributed by atoms with Crippen molar-refractivity contribution in [2.75, 3.05) is 0 Å². The van der Waals surface area contributed by atoms with Gasteiger partial charge >= 0.3 is 5.97 Å². The molecule has 0 aliphatic heterocycles. The fourth-order valence-corrected chi connectivity index (χ4v) is 3.25. The summed E-state index contributed by atoms with van der Waals surface area (Å²) in [5.41, 5.74) is 0. The van der Waals surface area contributed by atoms with Crippen LogP contribution in [-0.4, -0.2) is 23.0 Å². The molecule has 106 valence electrons. The van der Waals surface area contributed by atoms with E-state index in [1.807, 2.05) is 19.1 Å². The van der Waals surface area contributed by atoms with Crippen LogP contribution in [0.4, 0.5) is 0 Å². The normalized spacial score (nSPS) is 12.1. The molecule has 4 nitrogen and oxygen atoms in total. The van der Waals surface area contributed by atoms with E-state index in [0.717, 1.165) is 23.0 Å². The zero-order chi connectivity index (χ0) is 14.3. The van der Waals surface area contributed by atoms with Crippen LogP contribution >= 0.6 is 27.3 Å². The molecule has 0 fully saturated rings. The first-order chi connectivity index (χ1) is 9.02. The number of carboxylic acids is 1. The molecule has 1 aromatic heterocycles. The van der Waals surface area contributed by atoms with Crippen LogP contribution < -0.4 is 5.32 Å². The molecular formula is C13H18BrNO3S. The SMILES string of the molecule is CCC[C@H](NC(=O)CCCc1ccc(Br)s1)C(=O)O. The van der Waals surface area contributed by atoms with E-state index < -0.39 is 12.0 Å². The van der Waals surface area contributed by atoms with Crippen LogP contribution in [0.25, 0.3) is 0 Å². The summed E-state index contributed by atoms with van der Waals surface area (Å²) in [6.07, 6.45) is 3.15. The smallest absolute Gasteiger partial charge is 0.326 e. The highest BCUT2D eigenvalue weighted by molar-refractivity contribution is 9.11. The highest BCUT2D eigenvalue weighted by Gasteiger charge is 2.18. The number of hydrogen-bond donors (Lipinski definition) is 2. The molecule has 0 saturated heterocycles. The van der Waals surface area contributed by atoms with Gasteiger partial charge in [-0.1, -0.05) is 13.3 Å². The maximum absolute atomic E-state index is 11.6. The minimum absolute atomic E-state index is 0.184. The van der Waals surface area contributed by atoms with Crippen LogP contribution in [0.3, 0.4) is 0 Å². The van der Waals surface area contributed by atoms with Crippen LogP contribution in [0.1, 0.15) is 37.5 Å². The molecule has 0 saturated carbocycles. The molecule has 0 spiro atoms. The number of rotatable bonds is 8. The van der Waals surface area contributed by atoms with Gasteiger partial charge in [0.15, 0.2) is 0 Å². The van der Waals surface area contributed by atoms with Gasteiger partial charge in [-0.05, 0) is 47.3 Å². The van der Waals surface area contributed by atoms with Gasteiger partial charge in [-0.3, -0.25) is 4.79 Å². The average Bonchev–Trinajstić information content (AvgIpc) is 2.74. The molecule has 19 heavy (non-hydrogen) atoms. The largest absolute Gasteiger partial charge is 0.480 e. The molecule has 0 aliphatic carbocycles. The lowest BCUT2D eigenvalue weighted by Gasteiger charge is -2.13. The molecule has 6 heteroatoms. The summed E-state index contributed by atoms with van der Waals surface area (Å²) in [4.78, 5) is 23.8. The van der Waals surface area contributed by atoms with Gasteiger partial charge in [0.25, 0.3) is 0 Å². The topological polar surface area (TPSA) is 66.4 Å². The molecule has 0 bridgehead atoms. The summed E-state index contributed by atoms with van der Waals surface area (Å²) in [5.74, 6) is -1.14. The predicted octanol–water partition coefficient (Wildman–Crippen LogP) is 3.20. The monoisotopic (exact) mass is 347 g/mol. The number of amides is 1. The molecule has 1 heterocycles. The van der Waals surface area contributed by atoms with Crippen LogP contribution in [0.15, 0.2) is 15.9 Å². The summed E-state index contributed by atoms with van der Waals surface area (Å²) < 4.78 is 1.08. The number of aliphatic carboxylic acids is 1. The zero-order valence-corrected chi connectivity index (χ0v) is 13.2. The number of hydrogen-bond acceptors (Lipinski definition) is 3. The Morgan fingerprint density at radius 2 is 2.21 bits per heavy atom. The highest BCUT2D eigenvalue weighted by Crippen LogP contribution is 2.23. The molecule has 0 aromatic carbocycles. The van der Waals surface area contributed by atoms with Crippen molar-refractivity contribution in [2.45, 2.75) is 45.1 Å². The quantitative estimate of drug-likeness (QED) is 0.758. The van der Waals surface area contributed by atoms with E-state index >= 15 is 0 Å². The minimum atomic E-state index is -0.961. The molecule has 0 aliphatic rings. The number of carbonyl (C=O) groups is 2. The Bertz CT molecular complexity index is 433. The Labute approximate surface area is 125 Å². The van der Waals surface area contributed by atoms with E-state index in [1.54, 1.807) is 11.3 Å². The number of aryl methyl sites for hydroxylation is 1. The third-order valence-electron chi connectivity index (χ3n) is 2.67. The maximum Gasteiger partial charge on any atom is 0.326 e. The fourth-order valence-electron chi connectivity index (χ4n) is 1.72. The number of carboxylic acid groups (broad SMARTS) is 1. The van der Waals surface area contributed by atoms with E-state index in [4.69, 9.17) is 5.11 Å². The Morgan fingerprint density at radius 3 is 2.74 bits per heavy atom. The number of carbonyl (C=O) groups excluding carboxylic acids is 1. The fraction of sp³-hybridized carbons (Fsp3) is 0.538. The van der Waals surface area contributed by atoms with Gasteiger partial charge in [0.1, 0.15) is 6.04 Å². The van der Waals surface area contributed by atoms with Crippen LogP contribution in [0.5, 0.6) is 0 Å². The highest BCUT2D eigenvalue weighted by atomic mass is 79.9. The summed E-state index contributed by atoms with van der Waals surface area (Å²) in [6, 6.07) is 3.26. The van der Waals surface area contributed by atoms with Crippen LogP contribution in [0, 0.1) is 0 Å². The van der Waals surface area contributed by atoms with Gasteiger partial charge in [-0.25, -0.2) is 4.79 Å². The van der Waals surface area contributed by atoms with Crippen molar-refractivity contribution in [1.29, 1.82) is 0 Å². The van der Waals surface area contributed by atoms with Crippen molar-refractivity contribution in [3.8, 4) is 0 Å². The van der Waals surface area contributed by atoms with Gasteiger partial charge in [-0.2, -0.15) is 0 Å². The Morgan fingerprint density at radius 1 is 1.47 bits per heavy atom. The van der Waals surface area contributed by atoms with Crippen molar-refractivity contribution in [1.82, 2.24) is 5.32 Å². The maximum atomic E-state index is 11.6. The van der Waals surface area contributed by atoms with E-state index in [-0.39, 0.29) is 5.91 Å². The molecule has 1 atom stereocenters. The summed E-state index contributed by atoms with van der Waals surface area (Å²) in [7, 11) is 0. The Kier molecular flexibility index (Phi) is 7.09. The predicted molar refractivity (Wildman–Crippen MR) is 79.4 cm³/mol. The third kappa shape index (κ3) is 6.20. The third-order valence-corrected chi connectivity index (χ3v) is 4.35. The first-order valence-electron chi connectivity index (χ1n) is 6.29. The lowest BCUT2D eigenvalue weighted by Crippen LogP contribution is -2.40. The molecule has 2 N–H and O–H groups in total. The first kappa shape index (κ1) is 16.2. The Balaban J connectivity index is 2.28. The van der Waals surface area contributed by atoms with Gasteiger partial charge in [0.05, 0.1) is 3.79 Å². The first-order valence-corrected chi connectivity index (χ1v) is 7.90. The van der Waals surface area contributed by atoms with E-state index in [0.29, 0.717) is 12.8 Å². The van der Waals surface area contributed by atoms with Crippen LogP contribution in [-0.2, 0) is 16.0 Å². The van der Waals surface area contributed by atoms with Crippen molar-refractivity contribution >= 4 is 39.1 Å². The zero-order valence-electron chi connectivity index (χ0n) is 10.8. The average molecular weight is 348 g/mol. The summed E-state index contributed by atoms with van der Waals surface area (Å²) >= 11 is 5.05. The lowest BCUT2D eigenvalue weighted by molar-refractivity contribution is -0.142. The molecule has 1 aromatic rings. The molecule has 1 amide bonds. The van der Waals surface area contributed by atoms with Gasteiger partial charge in [0, 0.05) is 11.3 Å². The summed E-state index contributed by atoms with van der Waals surface area (Å²) in [5, 5.41) is 11.5. The van der Waals surface area contributed by atoms with E-state index in [2.05, 4.69) is 21.2 Å². The number of nitrogens with one attached hydrogen (secondary N) is 1. The molecule has 0 unspecified atom stereocenters. The Hall–Kier alpha value is -0.880. The van der Waals surface area contributed by atoms with Gasteiger partial charge in [0.2, 0.25) is 5.91 Å². The molecule has 0 radical (unpaired) electrons. The second kappa shape index (κ2) is 8.32. The van der Waals surface area contributed by atoms with Crippen molar-refractivity contribution < 1.29 is 14.7 Å². The molecule has 1 rings (SSSR count). The second-order valence-corrected chi connectivity index (χ2v) is 6.85. The van der Waals surface area contributed by atoms with E-state index in [1.165, 1.54) is 4.88 Å². The molecular weight excluding hydrogens is 330 g/mol. The lowest BCUT2D eigenvalue weighted by atomic mass is 10.1. The van der Waals surface area contributed by atoms with Gasteiger partial charge < -0.3 is 10.4 Å². The number of thiophene rings is 1. The van der Waals surface area contributed by atoms with Crippen molar-refractivity contribution in [2.24, 2.45) is 0 Å². The number of halogens is 1. The summed E-state index contributed by atoms with van der Waals surface area (Å²) in [6.45, 7) is 1.90. The minimum Gasteiger partial charge on any atom is -0.480 e. The standard InChI is InChI=1S/C13H18BrNO3S/c1-2-4-10(13(17)18)15-12(16)6-3-5-9-7-8-11(14)19-9/h7-8,10H,2-6H2,1H3,(H,15,16)(H,17,18)/t10-/m0/s1. The van der Waals surface area contributed by atoms with Crippen LogP contribution in [0.2, 0.25) is 0 Å². The second-order valence-electron chi connectivity index (χ2n) is 4.31. The van der Waals surface area contributed by atoms with Crippen molar-refractivity contribution in [3.63, 3.8) is 0 Å². The van der Waals surface area contributed by atoms with Crippen molar-refractivity contribution in [3.05, 3.63) is 20.8 Å².